The second kappa shape index (κ2) is 7.28. The number of aliphatic hydroxyl groups excluding tert-OH is 1. The average Bonchev–Trinajstić information content (AvgIpc) is 2.28. The summed E-state index contributed by atoms with van der Waals surface area (Å²) in [5, 5.41) is 9.29. The van der Waals surface area contributed by atoms with Crippen molar-refractivity contribution in [2.45, 2.75) is 45.6 Å². The summed E-state index contributed by atoms with van der Waals surface area (Å²) in [7, 11) is 0. The van der Waals surface area contributed by atoms with Gasteiger partial charge in [0.2, 0.25) is 0 Å². The van der Waals surface area contributed by atoms with E-state index < -0.39 is 11.9 Å². The molecule has 0 saturated carbocycles. The minimum absolute atomic E-state index is 0.309. The van der Waals surface area contributed by atoms with Crippen molar-refractivity contribution in [3.8, 4) is 5.75 Å². The standard InChI is InChI=1S/C14H21FO2/c1-3-4-5-6-9-17-12-7-8-13(11(2)16)14(15)10-12/h7-8,10-11,16H,3-6,9H2,1-2H3/t11-/m0/s1. The quantitative estimate of drug-likeness (QED) is 0.734. The Morgan fingerprint density at radius 3 is 2.65 bits per heavy atom. The molecule has 0 unspecified atom stereocenters. The van der Waals surface area contributed by atoms with Gasteiger partial charge in [0.05, 0.1) is 12.7 Å². The number of hydrogen-bond acceptors (Lipinski definition) is 2. The first-order valence-electron chi connectivity index (χ1n) is 6.25. The Kier molecular flexibility index (Phi) is 5.98. The van der Waals surface area contributed by atoms with Gasteiger partial charge in [-0.3, -0.25) is 0 Å². The normalized spacial score (nSPS) is 12.5. The van der Waals surface area contributed by atoms with Crippen LogP contribution in [0.25, 0.3) is 0 Å². The molecule has 0 saturated heterocycles. The number of rotatable bonds is 7. The molecule has 0 aliphatic carbocycles. The van der Waals surface area contributed by atoms with Crippen molar-refractivity contribution in [3.63, 3.8) is 0 Å². The first kappa shape index (κ1) is 14.0. The Balaban J connectivity index is 2.42. The van der Waals surface area contributed by atoms with Crippen LogP contribution in [0.5, 0.6) is 5.75 Å². The molecule has 3 heteroatoms. The van der Waals surface area contributed by atoms with E-state index in [1.165, 1.54) is 18.9 Å². The molecule has 0 bridgehead atoms. The fourth-order valence-electron chi connectivity index (χ4n) is 1.66. The van der Waals surface area contributed by atoms with Gasteiger partial charge in [-0.05, 0) is 25.5 Å². The van der Waals surface area contributed by atoms with Gasteiger partial charge < -0.3 is 9.84 Å². The van der Waals surface area contributed by atoms with E-state index in [0.29, 0.717) is 17.9 Å². The van der Waals surface area contributed by atoms with Crippen LogP contribution < -0.4 is 4.74 Å². The van der Waals surface area contributed by atoms with Crippen molar-refractivity contribution in [3.05, 3.63) is 29.6 Å². The first-order chi connectivity index (χ1) is 8.15. The molecule has 1 N–H and O–H groups in total. The van der Waals surface area contributed by atoms with E-state index in [2.05, 4.69) is 6.92 Å². The van der Waals surface area contributed by atoms with Gasteiger partial charge in [0.1, 0.15) is 11.6 Å². The van der Waals surface area contributed by atoms with Gasteiger partial charge >= 0.3 is 0 Å². The van der Waals surface area contributed by atoms with Crippen molar-refractivity contribution < 1.29 is 14.2 Å². The zero-order chi connectivity index (χ0) is 12.7. The van der Waals surface area contributed by atoms with E-state index in [0.717, 1.165) is 12.8 Å². The second-order valence-electron chi connectivity index (χ2n) is 4.27. The van der Waals surface area contributed by atoms with Crippen molar-refractivity contribution in [1.82, 2.24) is 0 Å². The van der Waals surface area contributed by atoms with Crippen LogP contribution in [0.3, 0.4) is 0 Å². The van der Waals surface area contributed by atoms with Gasteiger partial charge in [-0.1, -0.05) is 26.2 Å². The summed E-state index contributed by atoms with van der Waals surface area (Å²) in [6, 6.07) is 4.61. The van der Waals surface area contributed by atoms with Gasteiger partial charge in [-0.2, -0.15) is 0 Å². The lowest BCUT2D eigenvalue weighted by atomic mass is 10.1. The molecule has 0 spiro atoms. The molecule has 1 rings (SSSR count). The van der Waals surface area contributed by atoms with Gasteiger partial charge in [0, 0.05) is 11.6 Å². The summed E-state index contributed by atoms with van der Waals surface area (Å²) in [5.74, 6) is 0.120. The molecular formula is C14H21FO2. The Morgan fingerprint density at radius 1 is 1.29 bits per heavy atom. The van der Waals surface area contributed by atoms with Crippen LogP contribution in [0, 0.1) is 5.82 Å². The number of benzene rings is 1. The third-order valence-corrected chi connectivity index (χ3v) is 2.69. The molecule has 0 radical (unpaired) electrons. The molecule has 2 nitrogen and oxygen atoms in total. The van der Waals surface area contributed by atoms with Crippen LogP contribution in [-0.2, 0) is 0 Å². The summed E-state index contributed by atoms with van der Waals surface area (Å²) in [5.41, 5.74) is 0.309. The van der Waals surface area contributed by atoms with E-state index in [-0.39, 0.29) is 0 Å². The second-order valence-corrected chi connectivity index (χ2v) is 4.27. The Labute approximate surface area is 102 Å². The Hall–Kier alpha value is -1.09. The van der Waals surface area contributed by atoms with Crippen molar-refractivity contribution in [1.29, 1.82) is 0 Å². The molecule has 0 heterocycles. The van der Waals surface area contributed by atoms with Crippen LogP contribution in [0.4, 0.5) is 4.39 Å². The lowest BCUT2D eigenvalue weighted by Gasteiger charge is -2.09. The highest BCUT2D eigenvalue weighted by molar-refractivity contribution is 5.29. The molecule has 0 aromatic heterocycles. The summed E-state index contributed by atoms with van der Waals surface area (Å²) in [4.78, 5) is 0. The summed E-state index contributed by atoms with van der Waals surface area (Å²) >= 11 is 0. The fraction of sp³-hybridized carbons (Fsp3) is 0.571. The topological polar surface area (TPSA) is 29.5 Å². The first-order valence-corrected chi connectivity index (χ1v) is 6.25. The third-order valence-electron chi connectivity index (χ3n) is 2.69. The largest absolute Gasteiger partial charge is 0.493 e. The molecule has 0 aliphatic rings. The lowest BCUT2D eigenvalue weighted by molar-refractivity contribution is 0.194. The summed E-state index contributed by atoms with van der Waals surface area (Å²) < 4.78 is 18.9. The van der Waals surface area contributed by atoms with Gasteiger partial charge in [-0.25, -0.2) is 4.39 Å². The van der Waals surface area contributed by atoms with Gasteiger partial charge in [-0.15, -0.1) is 0 Å². The molecule has 0 fully saturated rings. The minimum atomic E-state index is -0.784. The van der Waals surface area contributed by atoms with Crippen molar-refractivity contribution >= 4 is 0 Å². The summed E-state index contributed by atoms with van der Waals surface area (Å²) in [6.45, 7) is 4.32. The van der Waals surface area contributed by atoms with Crippen LogP contribution in [0.1, 0.15) is 51.2 Å². The maximum atomic E-state index is 13.5. The highest BCUT2D eigenvalue weighted by Gasteiger charge is 2.08. The number of ether oxygens (including phenoxy) is 1. The summed E-state index contributed by atoms with van der Waals surface area (Å²) in [6.07, 6.45) is 3.75. The monoisotopic (exact) mass is 240 g/mol. The fourth-order valence-corrected chi connectivity index (χ4v) is 1.66. The number of unbranched alkanes of at least 4 members (excludes halogenated alkanes) is 3. The van der Waals surface area contributed by atoms with E-state index in [9.17, 15) is 9.50 Å². The Bertz CT molecular complexity index is 337. The highest BCUT2D eigenvalue weighted by atomic mass is 19.1. The van der Waals surface area contributed by atoms with E-state index >= 15 is 0 Å². The highest BCUT2D eigenvalue weighted by Crippen LogP contribution is 2.21. The van der Waals surface area contributed by atoms with E-state index in [1.54, 1.807) is 19.1 Å². The molecular weight excluding hydrogens is 219 g/mol. The van der Waals surface area contributed by atoms with Gasteiger partial charge in [0.15, 0.2) is 0 Å². The zero-order valence-electron chi connectivity index (χ0n) is 10.6. The number of halogens is 1. The predicted octanol–water partition coefficient (Wildman–Crippen LogP) is 3.84. The number of hydrogen-bond donors (Lipinski definition) is 1. The van der Waals surface area contributed by atoms with Crippen LogP contribution in [0.15, 0.2) is 18.2 Å². The SMILES string of the molecule is CCCCCCOc1ccc([C@H](C)O)c(F)c1. The maximum Gasteiger partial charge on any atom is 0.132 e. The van der Waals surface area contributed by atoms with E-state index in [1.807, 2.05) is 0 Å². The van der Waals surface area contributed by atoms with E-state index in [4.69, 9.17) is 4.74 Å². The minimum Gasteiger partial charge on any atom is -0.493 e. The molecule has 17 heavy (non-hydrogen) atoms. The van der Waals surface area contributed by atoms with Crippen molar-refractivity contribution in [2.75, 3.05) is 6.61 Å². The Morgan fingerprint density at radius 2 is 2.06 bits per heavy atom. The number of aliphatic hydroxyl groups is 1. The molecule has 1 aromatic carbocycles. The molecule has 0 aliphatic heterocycles. The lowest BCUT2D eigenvalue weighted by Crippen LogP contribution is -2.00. The molecule has 1 atom stereocenters. The average molecular weight is 240 g/mol. The smallest absolute Gasteiger partial charge is 0.132 e. The third kappa shape index (κ3) is 4.73. The van der Waals surface area contributed by atoms with Crippen LogP contribution in [-0.4, -0.2) is 11.7 Å². The van der Waals surface area contributed by atoms with Crippen LogP contribution in [0.2, 0.25) is 0 Å². The predicted molar refractivity (Wildman–Crippen MR) is 66.7 cm³/mol. The zero-order valence-corrected chi connectivity index (χ0v) is 10.6. The molecule has 0 amide bonds. The van der Waals surface area contributed by atoms with Crippen molar-refractivity contribution in [2.24, 2.45) is 0 Å². The van der Waals surface area contributed by atoms with Crippen LogP contribution >= 0.6 is 0 Å². The maximum absolute atomic E-state index is 13.5. The van der Waals surface area contributed by atoms with Gasteiger partial charge in [0.25, 0.3) is 0 Å². The molecule has 96 valence electrons. The molecule has 1 aromatic rings.